The molecule has 1 saturated heterocycles. The van der Waals surface area contributed by atoms with Gasteiger partial charge in [-0.2, -0.15) is 0 Å². The predicted octanol–water partition coefficient (Wildman–Crippen LogP) is 2.21. The molecular formula is C14H26N2O. The standard InChI is InChI=1S/C14H26N2O/c1-3-14(8-4-5-9-14)13(17)16-12-7-6-11(2)15-10-12/h11-12,15H,3-10H2,1-2H3,(H,16,17). The highest BCUT2D eigenvalue weighted by atomic mass is 16.2. The van der Waals surface area contributed by atoms with E-state index in [4.69, 9.17) is 0 Å². The second kappa shape index (κ2) is 5.38. The van der Waals surface area contributed by atoms with Gasteiger partial charge in [-0.1, -0.05) is 19.8 Å². The number of carbonyl (C=O) groups is 1. The van der Waals surface area contributed by atoms with Crippen LogP contribution in [-0.2, 0) is 4.79 Å². The topological polar surface area (TPSA) is 41.1 Å². The summed E-state index contributed by atoms with van der Waals surface area (Å²) in [5.41, 5.74) is -0.0386. The van der Waals surface area contributed by atoms with Crippen molar-refractivity contribution < 1.29 is 4.79 Å². The van der Waals surface area contributed by atoms with E-state index in [-0.39, 0.29) is 5.41 Å². The molecule has 0 aromatic rings. The molecule has 2 atom stereocenters. The summed E-state index contributed by atoms with van der Waals surface area (Å²) in [5.74, 6) is 0.318. The van der Waals surface area contributed by atoms with Crippen LogP contribution >= 0.6 is 0 Å². The van der Waals surface area contributed by atoms with Crippen LogP contribution in [0.1, 0.15) is 58.8 Å². The van der Waals surface area contributed by atoms with Gasteiger partial charge in [0.05, 0.1) is 0 Å². The molecule has 1 amide bonds. The van der Waals surface area contributed by atoms with Crippen molar-refractivity contribution >= 4 is 5.91 Å². The first kappa shape index (κ1) is 12.9. The summed E-state index contributed by atoms with van der Waals surface area (Å²) in [7, 11) is 0. The van der Waals surface area contributed by atoms with E-state index in [1.807, 2.05) is 0 Å². The minimum Gasteiger partial charge on any atom is -0.352 e. The van der Waals surface area contributed by atoms with Crippen molar-refractivity contribution in [2.24, 2.45) is 5.41 Å². The van der Waals surface area contributed by atoms with Crippen LogP contribution in [0.4, 0.5) is 0 Å². The van der Waals surface area contributed by atoms with Gasteiger partial charge in [-0.05, 0) is 39.0 Å². The summed E-state index contributed by atoms with van der Waals surface area (Å²) in [5, 5.41) is 6.72. The molecule has 1 heterocycles. The van der Waals surface area contributed by atoms with Gasteiger partial charge in [0.2, 0.25) is 5.91 Å². The summed E-state index contributed by atoms with van der Waals surface area (Å²) < 4.78 is 0. The van der Waals surface area contributed by atoms with E-state index < -0.39 is 0 Å². The average Bonchev–Trinajstić information content (AvgIpc) is 2.82. The zero-order valence-corrected chi connectivity index (χ0v) is 11.2. The highest BCUT2D eigenvalue weighted by molar-refractivity contribution is 5.83. The maximum atomic E-state index is 12.4. The number of nitrogens with one attached hydrogen (secondary N) is 2. The monoisotopic (exact) mass is 238 g/mol. The van der Waals surface area contributed by atoms with Gasteiger partial charge in [-0.3, -0.25) is 4.79 Å². The number of rotatable bonds is 3. The van der Waals surface area contributed by atoms with Crippen molar-refractivity contribution in [1.29, 1.82) is 0 Å². The van der Waals surface area contributed by atoms with Crippen molar-refractivity contribution in [3.63, 3.8) is 0 Å². The van der Waals surface area contributed by atoms with Crippen LogP contribution in [0, 0.1) is 5.41 Å². The van der Waals surface area contributed by atoms with Crippen LogP contribution < -0.4 is 10.6 Å². The predicted molar refractivity (Wildman–Crippen MR) is 69.8 cm³/mol. The number of amides is 1. The second-order valence-electron chi connectivity index (χ2n) is 5.90. The van der Waals surface area contributed by atoms with Crippen LogP contribution in [0.2, 0.25) is 0 Å². The molecule has 0 bridgehead atoms. The van der Waals surface area contributed by atoms with Crippen LogP contribution in [-0.4, -0.2) is 24.5 Å². The van der Waals surface area contributed by atoms with Crippen LogP contribution in [0.5, 0.6) is 0 Å². The van der Waals surface area contributed by atoms with Gasteiger partial charge < -0.3 is 10.6 Å². The zero-order valence-electron chi connectivity index (χ0n) is 11.2. The lowest BCUT2D eigenvalue weighted by molar-refractivity contribution is -0.132. The first-order chi connectivity index (χ1) is 8.16. The lowest BCUT2D eigenvalue weighted by atomic mass is 9.82. The molecule has 98 valence electrons. The molecule has 0 spiro atoms. The van der Waals surface area contributed by atoms with E-state index >= 15 is 0 Å². The molecule has 1 saturated carbocycles. The molecule has 3 heteroatoms. The molecule has 2 fully saturated rings. The maximum Gasteiger partial charge on any atom is 0.226 e. The smallest absolute Gasteiger partial charge is 0.226 e. The van der Waals surface area contributed by atoms with Crippen molar-refractivity contribution in [3.05, 3.63) is 0 Å². The van der Waals surface area contributed by atoms with Crippen LogP contribution in [0.15, 0.2) is 0 Å². The van der Waals surface area contributed by atoms with Crippen molar-refractivity contribution in [2.75, 3.05) is 6.54 Å². The van der Waals surface area contributed by atoms with Gasteiger partial charge in [0, 0.05) is 24.0 Å². The fourth-order valence-corrected chi connectivity index (χ4v) is 3.25. The third kappa shape index (κ3) is 2.82. The number of hydrogen-bond donors (Lipinski definition) is 2. The SMILES string of the molecule is CCC1(C(=O)NC2CCC(C)NC2)CCCC1. The first-order valence-corrected chi connectivity index (χ1v) is 7.20. The maximum absolute atomic E-state index is 12.4. The molecule has 2 aliphatic rings. The number of carbonyl (C=O) groups excluding carboxylic acids is 1. The molecule has 0 aromatic heterocycles. The van der Waals surface area contributed by atoms with E-state index in [1.165, 1.54) is 19.3 Å². The van der Waals surface area contributed by atoms with Gasteiger partial charge in [0.25, 0.3) is 0 Å². The fraction of sp³-hybridized carbons (Fsp3) is 0.929. The summed E-state index contributed by atoms with van der Waals surface area (Å²) >= 11 is 0. The molecule has 3 nitrogen and oxygen atoms in total. The van der Waals surface area contributed by atoms with E-state index in [0.29, 0.717) is 18.0 Å². The Morgan fingerprint density at radius 2 is 2.06 bits per heavy atom. The normalized spacial score (nSPS) is 32.4. The second-order valence-corrected chi connectivity index (χ2v) is 5.90. The lowest BCUT2D eigenvalue weighted by Gasteiger charge is -2.33. The molecule has 1 aliphatic carbocycles. The quantitative estimate of drug-likeness (QED) is 0.791. The summed E-state index contributed by atoms with van der Waals surface area (Å²) in [6.07, 6.45) is 7.92. The average molecular weight is 238 g/mol. The minimum atomic E-state index is -0.0386. The van der Waals surface area contributed by atoms with Crippen molar-refractivity contribution in [3.8, 4) is 0 Å². The van der Waals surface area contributed by atoms with E-state index in [0.717, 1.165) is 32.2 Å². The Kier molecular flexibility index (Phi) is 4.08. The number of piperidine rings is 1. The highest BCUT2D eigenvalue weighted by Crippen LogP contribution is 2.41. The van der Waals surface area contributed by atoms with E-state index in [2.05, 4.69) is 24.5 Å². The third-order valence-corrected chi connectivity index (χ3v) is 4.72. The molecule has 2 rings (SSSR count). The van der Waals surface area contributed by atoms with Crippen molar-refractivity contribution in [1.82, 2.24) is 10.6 Å². The molecule has 0 radical (unpaired) electrons. The largest absolute Gasteiger partial charge is 0.352 e. The van der Waals surface area contributed by atoms with Gasteiger partial charge in [0.15, 0.2) is 0 Å². The number of hydrogen-bond acceptors (Lipinski definition) is 2. The summed E-state index contributed by atoms with van der Waals surface area (Å²) in [6, 6.07) is 0.956. The van der Waals surface area contributed by atoms with Gasteiger partial charge >= 0.3 is 0 Å². The Hall–Kier alpha value is -0.570. The fourth-order valence-electron chi connectivity index (χ4n) is 3.25. The minimum absolute atomic E-state index is 0.0386. The Balaban J connectivity index is 1.87. The van der Waals surface area contributed by atoms with Crippen molar-refractivity contribution in [2.45, 2.75) is 70.9 Å². The Morgan fingerprint density at radius 1 is 1.35 bits per heavy atom. The molecule has 1 aliphatic heterocycles. The molecule has 0 aromatic carbocycles. The molecule has 2 unspecified atom stereocenters. The lowest BCUT2D eigenvalue weighted by Crippen LogP contribution is -2.52. The third-order valence-electron chi connectivity index (χ3n) is 4.72. The van der Waals surface area contributed by atoms with Crippen LogP contribution in [0.3, 0.4) is 0 Å². The summed E-state index contributed by atoms with van der Waals surface area (Å²) in [6.45, 7) is 5.31. The molecule has 17 heavy (non-hydrogen) atoms. The van der Waals surface area contributed by atoms with E-state index in [1.54, 1.807) is 0 Å². The molecule has 2 N–H and O–H groups in total. The first-order valence-electron chi connectivity index (χ1n) is 7.20. The zero-order chi connectivity index (χ0) is 12.3. The Morgan fingerprint density at radius 3 is 2.59 bits per heavy atom. The Bertz CT molecular complexity index is 263. The van der Waals surface area contributed by atoms with Gasteiger partial charge in [-0.15, -0.1) is 0 Å². The van der Waals surface area contributed by atoms with Crippen LogP contribution in [0.25, 0.3) is 0 Å². The van der Waals surface area contributed by atoms with Gasteiger partial charge in [-0.25, -0.2) is 0 Å². The molecular weight excluding hydrogens is 212 g/mol. The Labute approximate surface area is 105 Å². The van der Waals surface area contributed by atoms with Gasteiger partial charge in [0.1, 0.15) is 0 Å². The van der Waals surface area contributed by atoms with E-state index in [9.17, 15) is 4.79 Å². The highest BCUT2D eigenvalue weighted by Gasteiger charge is 2.40. The summed E-state index contributed by atoms with van der Waals surface area (Å²) in [4.78, 5) is 12.4.